The number of rotatable bonds is 9. The average molecular weight is 324 g/mol. The fourth-order valence-electron chi connectivity index (χ4n) is 2.38. The van der Waals surface area contributed by atoms with E-state index in [-0.39, 0.29) is 0 Å². The van der Waals surface area contributed by atoms with Crippen LogP contribution in [0.25, 0.3) is 5.70 Å². The van der Waals surface area contributed by atoms with E-state index in [9.17, 15) is 0 Å². The van der Waals surface area contributed by atoms with E-state index in [0.717, 1.165) is 30.3 Å². The zero-order valence-corrected chi connectivity index (χ0v) is 14.7. The molecule has 0 heterocycles. The lowest BCUT2D eigenvalue weighted by Gasteiger charge is -2.10. The number of benzene rings is 2. The summed E-state index contributed by atoms with van der Waals surface area (Å²) in [4.78, 5) is 0. The molecule has 2 aromatic carbocycles. The summed E-state index contributed by atoms with van der Waals surface area (Å²) in [6.07, 6.45) is 1.20. The average Bonchev–Trinajstić information content (AvgIpc) is 2.57. The Morgan fingerprint density at radius 2 is 1.83 bits per heavy atom. The van der Waals surface area contributed by atoms with Gasteiger partial charge in [-0.1, -0.05) is 44.7 Å². The first-order valence-corrected chi connectivity index (χ1v) is 8.50. The molecule has 0 saturated carbocycles. The summed E-state index contributed by atoms with van der Waals surface area (Å²) in [5.41, 5.74) is 9.63. The van der Waals surface area contributed by atoms with Gasteiger partial charge in [-0.05, 0) is 59.8 Å². The van der Waals surface area contributed by atoms with Crippen LogP contribution in [0.2, 0.25) is 0 Å². The molecule has 0 radical (unpaired) electrons. The highest BCUT2D eigenvalue weighted by Crippen LogP contribution is 2.17. The van der Waals surface area contributed by atoms with Gasteiger partial charge in [-0.2, -0.15) is 0 Å². The van der Waals surface area contributed by atoms with Crippen LogP contribution in [-0.2, 0) is 13.2 Å². The third-order valence-corrected chi connectivity index (χ3v) is 3.85. The minimum atomic E-state index is 0.558. The molecule has 0 aromatic heterocycles. The molecule has 3 heteroatoms. The van der Waals surface area contributed by atoms with Gasteiger partial charge < -0.3 is 15.8 Å². The first kappa shape index (κ1) is 18.1. The van der Waals surface area contributed by atoms with Crippen molar-refractivity contribution in [1.82, 2.24) is 5.32 Å². The number of nitrogens with one attached hydrogen (secondary N) is 1. The van der Waals surface area contributed by atoms with Crippen LogP contribution in [0.1, 0.15) is 37.0 Å². The molecular formula is C21H28N2O. The molecule has 0 unspecified atom stereocenters. The first-order valence-electron chi connectivity index (χ1n) is 8.50. The molecule has 2 rings (SSSR count). The topological polar surface area (TPSA) is 47.3 Å². The van der Waals surface area contributed by atoms with Gasteiger partial charge in [0.2, 0.25) is 0 Å². The molecule has 0 spiro atoms. The normalized spacial score (nSPS) is 10.8. The third-order valence-electron chi connectivity index (χ3n) is 3.85. The summed E-state index contributed by atoms with van der Waals surface area (Å²) in [6, 6.07) is 16.2. The van der Waals surface area contributed by atoms with Crippen LogP contribution in [0.3, 0.4) is 0 Å². The Hall–Kier alpha value is -2.26. The van der Waals surface area contributed by atoms with Crippen molar-refractivity contribution in [1.29, 1.82) is 0 Å². The molecule has 0 fully saturated rings. The van der Waals surface area contributed by atoms with Crippen molar-refractivity contribution in [3.63, 3.8) is 0 Å². The second-order valence-corrected chi connectivity index (χ2v) is 6.52. The maximum atomic E-state index is 5.85. The second-order valence-electron chi connectivity index (χ2n) is 6.52. The Bertz CT molecular complexity index is 647. The monoisotopic (exact) mass is 324 g/mol. The summed E-state index contributed by atoms with van der Waals surface area (Å²) < 4.78 is 5.85. The van der Waals surface area contributed by atoms with E-state index in [1.165, 1.54) is 17.5 Å². The van der Waals surface area contributed by atoms with Crippen molar-refractivity contribution >= 4 is 5.70 Å². The van der Waals surface area contributed by atoms with Crippen LogP contribution in [0, 0.1) is 5.92 Å². The van der Waals surface area contributed by atoms with E-state index >= 15 is 0 Å². The van der Waals surface area contributed by atoms with Gasteiger partial charge in [0.05, 0.1) is 0 Å². The number of ether oxygens (including phenoxy) is 1. The Balaban J connectivity index is 1.84. The number of nitrogens with two attached hydrogens (primary N) is 1. The Morgan fingerprint density at radius 3 is 2.50 bits per heavy atom. The zero-order chi connectivity index (χ0) is 17.4. The van der Waals surface area contributed by atoms with E-state index in [2.05, 4.69) is 50.0 Å². The molecule has 0 aliphatic carbocycles. The van der Waals surface area contributed by atoms with Gasteiger partial charge in [-0.15, -0.1) is 0 Å². The Kier molecular flexibility index (Phi) is 6.89. The molecule has 128 valence electrons. The molecule has 2 aromatic rings. The van der Waals surface area contributed by atoms with Crippen molar-refractivity contribution in [2.75, 3.05) is 6.54 Å². The zero-order valence-electron chi connectivity index (χ0n) is 14.7. The van der Waals surface area contributed by atoms with Crippen molar-refractivity contribution in [2.24, 2.45) is 11.7 Å². The predicted molar refractivity (Wildman–Crippen MR) is 102 cm³/mol. The quantitative estimate of drug-likeness (QED) is 0.675. The molecule has 0 aliphatic heterocycles. The minimum Gasteiger partial charge on any atom is -0.489 e. The van der Waals surface area contributed by atoms with Crippen molar-refractivity contribution in [2.45, 2.75) is 33.4 Å². The fraction of sp³-hybridized carbons (Fsp3) is 0.333. The van der Waals surface area contributed by atoms with E-state index in [1.807, 2.05) is 24.3 Å². The van der Waals surface area contributed by atoms with Crippen molar-refractivity contribution in [3.05, 3.63) is 71.8 Å². The first-order chi connectivity index (χ1) is 11.5. The molecular weight excluding hydrogens is 296 g/mol. The van der Waals surface area contributed by atoms with Crippen molar-refractivity contribution in [3.8, 4) is 5.75 Å². The smallest absolute Gasteiger partial charge is 0.119 e. The minimum absolute atomic E-state index is 0.558. The van der Waals surface area contributed by atoms with Gasteiger partial charge in [0.1, 0.15) is 12.4 Å². The van der Waals surface area contributed by atoms with Crippen LogP contribution in [-0.4, -0.2) is 6.54 Å². The number of hydrogen-bond acceptors (Lipinski definition) is 3. The van der Waals surface area contributed by atoms with Gasteiger partial charge in [0, 0.05) is 12.2 Å². The summed E-state index contributed by atoms with van der Waals surface area (Å²) in [7, 11) is 0. The molecule has 0 aliphatic rings. The van der Waals surface area contributed by atoms with Gasteiger partial charge >= 0.3 is 0 Å². The highest BCUT2D eigenvalue weighted by atomic mass is 16.5. The molecule has 3 nitrogen and oxygen atoms in total. The maximum absolute atomic E-state index is 5.85. The fourth-order valence-corrected chi connectivity index (χ4v) is 2.38. The van der Waals surface area contributed by atoms with Crippen LogP contribution < -0.4 is 15.8 Å². The van der Waals surface area contributed by atoms with Gasteiger partial charge in [0.15, 0.2) is 0 Å². The Morgan fingerprint density at radius 1 is 1.12 bits per heavy atom. The molecule has 3 N–H and O–H groups in total. The third kappa shape index (κ3) is 6.09. The number of hydrogen-bond donors (Lipinski definition) is 2. The molecule has 0 amide bonds. The van der Waals surface area contributed by atoms with Crippen LogP contribution >= 0.6 is 0 Å². The van der Waals surface area contributed by atoms with E-state index in [1.54, 1.807) is 0 Å². The largest absolute Gasteiger partial charge is 0.489 e. The van der Waals surface area contributed by atoms with Gasteiger partial charge in [0.25, 0.3) is 0 Å². The van der Waals surface area contributed by atoms with Crippen LogP contribution in [0.15, 0.2) is 55.1 Å². The molecule has 0 saturated heterocycles. The summed E-state index contributed by atoms with van der Waals surface area (Å²) >= 11 is 0. The van der Waals surface area contributed by atoms with E-state index in [4.69, 9.17) is 10.5 Å². The van der Waals surface area contributed by atoms with Gasteiger partial charge in [-0.3, -0.25) is 0 Å². The highest BCUT2D eigenvalue weighted by Gasteiger charge is 2.00. The van der Waals surface area contributed by atoms with E-state index < -0.39 is 0 Å². The highest BCUT2D eigenvalue weighted by molar-refractivity contribution is 5.60. The van der Waals surface area contributed by atoms with Crippen molar-refractivity contribution < 1.29 is 4.74 Å². The summed E-state index contributed by atoms with van der Waals surface area (Å²) in [6.45, 7) is 10.7. The van der Waals surface area contributed by atoms with E-state index in [0.29, 0.717) is 12.3 Å². The summed E-state index contributed by atoms with van der Waals surface area (Å²) in [5, 5.41) is 3.49. The SMILES string of the molecule is C=C(N)c1ccc(OCc2cccc(CNCCC(C)C)c2)cc1. The second kappa shape index (κ2) is 9.14. The lowest BCUT2D eigenvalue weighted by molar-refractivity contribution is 0.306. The lowest BCUT2D eigenvalue weighted by Crippen LogP contribution is -2.16. The van der Waals surface area contributed by atoms with Crippen LogP contribution in [0.5, 0.6) is 5.75 Å². The molecule has 0 bridgehead atoms. The maximum Gasteiger partial charge on any atom is 0.119 e. The molecule has 0 atom stereocenters. The molecule has 24 heavy (non-hydrogen) atoms. The standard InChI is InChI=1S/C21H28N2O/c1-16(2)11-12-23-14-18-5-4-6-19(13-18)15-24-21-9-7-20(8-10-21)17(3)22/h4-10,13,16,23H,3,11-12,14-15,22H2,1-2H3. The van der Waals surface area contributed by atoms with Gasteiger partial charge in [-0.25, -0.2) is 0 Å². The predicted octanol–water partition coefficient (Wildman–Crippen LogP) is 4.33. The Labute approximate surface area is 145 Å². The summed E-state index contributed by atoms with van der Waals surface area (Å²) in [5.74, 6) is 1.57. The lowest BCUT2D eigenvalue weighted by atomic mass is 10.1. The van der Waals surface area contributed by atoms with Crippen LogP contribution in [0.4, 0.5) is 0 Å².